The van der Waals surface area contributed by atoms with E-state index < -0.39 is 0 Å². The molecular formula is C21H17ClN4OS. The van der Waals surface area contributed by atoms with Crippen molar-refractivity contribution < 1.29 is 4.79 Å². The summed E-state index contributed by atoms with van der Waals surface area (Å²) in [7, 11) is 0. The molecule has 3 N–H and O–H groups in total. The Morgan fingerprint density at radius 2 is 2.04 bits per heavy atom. The summed E-state index contributed by atoms with van der Waals surface area (Å²) >= 11 is 7.53. The second kappa shape index (κ2) is 7.88. The van der Waals surface area contributed by atoms with Gasteiger partial charge in [0, 0.05) is 22.5 Å². The van der Waals surface area contributed by atoms with Crippen LogP contribution in [0.2, 0.25) is 5.02 Å². The zero-order chi connectivity index (χ0) is 19.5. The maximum absolute atomic E-state index is 12.1. The summed E-state index contributed by atoms with van der Waals surface area (Å²) in [5.41, 5.74) is 8.78. The first-order chi connectivity index (χ1) is 13.6. The highest BCUT2D eigenvalue weighted by molar-refractivity contribution is 7.07. The fraction of sp³-hybridized carbons (Fsp3) is 0.0476. The fourth-order valence-electron chi connectivity index (χ4n) is 2.89. The van der Waals surface area contributed by atoms with E-state index in [-0.39, 0.29) is 5.91 Å². The zero-order valence-corrected chi connectivity index (χ0v) is 16.4. The number of rotatable bonds is 4. The number of carbonyl (C=O) groups excluding carboxylic acids is 1. The highest BCUT2D eigenvalue weighted by Crippen LogP contribution is 2.21. The first-order valence-corrected chi connectivity index (χ1v) is 9.86. The van der Waals surface area contributed by atoms with Crippen LogP contribution in [0, 0.1) is 0 Å². The molecule has 1 aromatic heterocycles. The summed E-state index contributed by atoms with van der Waals surface area (Å²) in [5.74, 6) is 0.474. The molecule has 0 radical (unpaired) electrons. The second-order valence-corrected chi connectivity index (χ2v) is 7.51. The number of amides is 1. The smallest absolute Gasteiger partial charge is 0.248 e. The number of carbonyl (C=O) groups is 1. The van der Waals surface area contributed by atoms with Crippen LogP contribution in [0.15, 0.2) is 71.0 Å². The molecule has 140 valence electrons. The highest BCUT2D eigenvalue weighted by atomic mass is 35.5. The molecule has 1 amide bonds. The number of fused-ring (bicyclic) bond motifs is 1. The average molecular weight is 409 g/mol. The van der Waals surface area contributed by atoms with Gasteiger partial charge in [-0.15, -0.1) is 11.3 Å². The Kier molecular flexibility index (Phi) is 5.14. The van der Waals surface area contributed by atoms with Crippen molar-refractivity contribution in [2.75, 3.05) is 16.9 Å². The molecule has 5 nitrogen and oxygen atoms in total. The summed E-state index contributed by atoms with van der Waals surface area (Å²) in [4.78, 5) is 18.6. The molecule has 28 heavy (non-hydrogen) atoms. The Morgan fingerprint density at radius 3 is 2.82 bits per heavy atom. The maximum atomic E-state index is 12.1. The standard InChI is InChI=1S/C21H17ClN4OS/c22-15-3-1-2-14(12-15)4-9-19(27)25-16-5-7-17(8-6-16)26-13-24-21-18(20(26)23)10-11-28-21/h1-12H,13,23H2,(H,25,27). The van der Waals surface area contributed by atoms with Gasteiger partial charge in [0.2, 0.25) is 5.91 Å². The Bertz CT molecular complexity index is 1170. The van der Waals surface area contributed by atoms with Gasteiger partial charge in [0.15, 0.2) is 0 Å². The molecule has 0 saturated carbocycles. The minimum Gasteiger partial charge on any atom is -0.384 e. The van der Waals surface area contributed by atoms with Gasteiger partial charge in [-0.25, -0.2) is 0 Å². The molecule has 7 heteroatoms. The molecule has 0 spiro atoms. The molecule has 0 aliphatic carbocycles. The quantitative estimate of drug-likeness (QED) is 0.651. The minimum absolute atomic E-state index is 0.213. The van der Waals surface area contributed by atoms with Crippen LogP contribution in [-0.2, 0) is 4.79 Å². The van der Waals surface area contributed by atoms with Gasteiger partial charge >= 0.3 is 0 Å². The van der Waals surface area contributed by atoms with E-state index in [0.29, 0.717) is 23.2 Å². The van der Waals surface area contributed by atoms with Crippen molar-refractivity contribution in [1.82, 2.24) is 0 Å². The van der Waals surface area contributed by atoms with Crippen LogP contribution < -0.4 is 25.8 Å². The van der Waals surface area contributed by atoms with E-state index in [1.54, 1.807) is 29.5 Å². The van der Waals surface area contributed by atoms with E-state index in [1.165, 1.54) is 6.08 Å². The SMILES string of the molecule is NC1=c2ccsc2=NCN1c1ccc(NC(=O)C=Cc2cccc(Cl)c2)cc1. The molecule has 2 aromatic carbocycles. The van der Waals surface area contributed by atoms with Gasteiger partial charge in [0.1, 0.15) is 17.2 Å². The van der Waals surface area contributed by atoms with Crippen molar-refractivity contribution in [1.29, 1.82) is 0 Å². The first kappa shape index (κ1) is 18.3. The third kappa shape index (κ3) is 3.93. The lowest BCUT2D eigenvalue weighted by Crippen LogP contribution is -2.41. The number of benzene rings is 2. The number of hydrogen-bond donors (Lipinski definition) is 2. The molecule has 4 rings (SSSR count). The largest absolute Gasteiger partial charge is 0.384 e. The highest BCUT2D eigenvalue weighted by Gasteiger charge is 2.14. The van der Waals surface area contributed by atoms with Gasteiger partial charge in [-0.1, -0.05) is 23.7 Å². The Morgan fingerprint density at radius 1 is 1.21 bits per heavy atom. The van der Waals surface area contributed by atoms with Gasteiger partial charge in [-0.05, 0) is 59.5 Å². The predicted molar refractivity (Wildman–Crippen MR) is 116 cm³/mol. The lowest BCUT2D eigenvalue weighted by Gasteiger charge is -2.24. The summed E-state index contributed by atoms with van der Waals surface area (Å²) < 4.78 is 0.962. The molecule has 3 aromatic rings. The minimum atomic E-state index is -0.213. The van der Waals surface area contributed by atoms with Gasteiger partial charge in [0.05, 0.1) is 5.22 Å². The monoisotopic (exact) mass is 408 g/mol. The number of halogens is 1. The van der Waals surface area contributed by atoms with E-state index >= 15 is 0 Å². The van der Waals surface area contributed by atoms with Gasteiger partial charge in [-0.2, -0.15) is 0 Å². The molecule has 0 bridgehead atoms. The van der Waals surface area contributed by atoms with Crippen molar-refractivity contribution in [2.45, 2.75) is 0 Å². The number of anilines is 2. The van der Waals surface area contributed by atoms with Crippen LogP contribution in [-0.4, -0.2) is 12.6 Å². The third-order valence-corrected chi connectivity index (χ3v) is 5.37. The Hall–Kier alpha value is -3.09. The van der Waals surface area contributed by atoms with Crippen LogP contribution in [0.5, 0.6) is 0 Å². The van der Waals surface area contributed by atoms with Gasteiger partial charge in [-0.3, -0.25) is 9.79 Å². The third-order valence-electron chi connectivity index (χ3n) is 4.29. The number of hydrogen-bond acceptors (Lipinski definition) is 5. The van der Waals surface area contributed by atoms with Crippen molar-refractivity contribution >= 4 is 52.1 Å². The van der Waals surface area contributed by atoms with Crippen LogP contribution in [0.4, 0.5) is 11.4 Å². The molecule has 2 heterocycles. The fourth-order valence-corrected chi connectivity index (χ4v) is 3.85. The molecule has 1 aliphatic rings. The summed E-state index contributed by atoms with van der Waals surface area (Å²) in [6.45, 7) is 0.480. The van der Waals surface area contributed by atoms with Crippen LogP contribution in [0.3, 0.4) is 0 Å². The van der Waals surface area contributed by atoms with Crippen molar-refractivity contribution in [3.8, 4) is 0 Å². The molecule has 0 saturated heterocycles. The van der Waals surface area contributed by atoms with Crippen LogP contribution >= 0.6 is 22.9 Å². The zero-order valence-electron chi connectivity index (χ0n) is 14.8. The summed E-state index contributed by atoms with van der Waals surface area (Å²) in [6.07, 6.45) is 3.20. The van der Waals surface area contributed by atoms with Crippen LogP contribution in [0.25, 0.3) is 11.9 Å². The number of nitrogens with one attached hydrogen (secondary N) is 1. The van der Waals surface area contributed by atoms with E-state index in [2.05, 4.69) is 10.3 Å². The topological polar surface area (TPSA) is 70.7 Å². The normalized spacial score (nSPS) is 13.3. The maximum Gasteiger partial charge on any atom is 0.248 e. The summed E-state index contributed by atoms with van der Waals surface area (Å²) in [5, 5.41) is 6.42. The molecule has 0 fully saturated rings. The predicted octanol–water partition coefficient (Wildman–Crippen LogP) is 3.18. The van der Waals surface area contributed by atoms with E-state index in [0.717, 1.165) is 21.1 Å². The second-order valence-electron chi connectivity index (χ2n) is 6.18. The van der Waals surface area contributed by atoms with Crippen LogP contribution in [0.1, 0.15) is 5.56 Å². The van der Waals surface area contributed by atoms with Gasteiger partial charge in [0.25, 0.3) is 0 Å². The average Bonchev–Trinajstić information content (AvgIpc) is 3.17. The number of thiophene rings is 1. The molecule has 0 atom stereocenters. The Balaban J connectivity index is 1.44. The molecule has 0 unspecified atom stereocenters. The van der Waals surface area contributed by atoms with E-state index in [9.17, 15) is 4.79 Å². The molecular weight excluding hydrogens is 392 g/mol. The van der Waals surface area contributed by atoms with Crippen molar-refractivity contribution in [3.63, 3.8) is 0 Å². The van der Waals surface area contributed by atoms with E-state index in [1.807, 2.05) is 52.7 Å². The summed E-state index contributed by atoms with van der Waals surface area (Å²) in [6, 6.07) is 16.8. The first-order valence-electron chi connectivity index (χ1n) is 8.60. The Labute approximate surface area is 171 Å². The number of nitrogens with zero attached hydrogens (tertiary/aromatic N) is 2. The van der Waals surface area contributed by atoms with Gasteiger partial charge < -0.3 is 16.0 Å². The lowest BCUT2D eigenvalue weighted by atomic mass is 10.2. The van der Waals surface area contributed by atoms with Crippen molar-refractivity contribution in [3.05, 3.63) is 86.5 Å². The number of nitrogens with two attached hydrogens (primary N) is 1. The lowest BCUT2D eigenvalue weighted by molar-refractivity contribution is -0.111. The van der Waals surface area contributed by atoms with E-state index in [4.69, 9.17) is 17.3 Å². The molecule has 1 aliphatic heterocycles. The van der Waals surface area contributed by atoms with Crippen molar-refractivity contribution in [2.24, 2.45) is 10.7 Å².